The normalized spacial score (nSPS) is 23.5. The van der Waals surface area contributed by atoms with Gasteiger partial charge in [-0.1, -0.05) is 36.6 Å². The minimum absolute atomic E-state index is 0.0736. The maximum atomic E-state index is 12.7. The maximum Gasteiger partial charge on any atom is 0.325 e. The lowest BCUT2D eigenvalue weighted by Gasteiger charge is -2.35. The highest BCUT2D eigenvalue weighted by Gasteiger charge is 2.52. The third-order valence-electron chi connectivity index (χ3n) is 6.28. The van der Waals surface area contributed by atoms with Gasteiger partial charge in [0.25, 0.3) is 5.91 Å². The van der Waals surface area contributed by atoms with Gasteiger partial charge in [0, 0.05) is 0 Å². The Hall–Kier alpha value is -1.83. The number of urea groups is 1. The molecule has 1 aromatic rings. The summed E-state index contributed by atoms with van der Waals surface area (Å²) in [6, 6.07) is 7.48. The van der Waals surface area contributed by atoms with Crippen molar-refractivity contribution in [1.29, 1.82) is 0 Å². The van der Waals surface area contributed by atoms with Gasteiger partial charge in [0.05, 0.1) is 43.4 Å². The summed E-state index contributed by atoms with van der Waals surface area (Å²) in [6.45, 7) is 4.08. The summed E-state index contributed by atoms with van der Waals surface area (Å²) in [4.78, 5) is 29.7. The van der Waals surface area contributed by atoms with Gasteiger partial charge in [0.15, 0.2) is 0 Å². The highest BCUT2D eigenvalue weighted by molar-refractivity contribution is 6.33. The van der Waals surface area contributed by atoms with Crippen LogP contribution in [0.15, 0.2) is 24.3 Å². The van der Waals surface area contributed by atoms with Crippen LogP contribution < -0.4 is 15.1 Å². The van der Waals surface area contributed by atoms with E-state index in [1.807, 2.05) is 24.3 Å². The number of aliphatic hydroxyl groups excluding tert-OH is 1. The number of carbonyl (C=O) groups excluding carboxylic acids is 2. The summed E-state index contributed by atoms with van der Waals surface area (Å²) in [7, 11) is 0. The number of nitrogens with one attached hydrogen (secondary N) is 2. The molecule has 0 bridgehead atoms. The monoisotopic (exact) mass is 407 g/mol. The number of carbonyl (C=O) groups is 2. The Kier molecular flexibility index (Phi) is 5.49. The third-order valence-corrected chi connectivity index (χ3v) is 6.60. The Morgan fingerprint density at radius 1 is 1.18 bits per heavy atom. The van der Waals surface area contributed by atoms with E-state index in [0.717, 1.165) is 49.7 Å². The number of hydrogen-bond donors (Lipinski definition) is 3. The number of halogens is 1. The van der Waals surface area contributed by atoms with E-state index in [1.54, 1.807) is 0 Å². The van der Waals surface area contributed by atoms with Crippen LogP contribution in [-0.2, 0) is 4.79 Å². The van der Waals surface area contributed by atoms with Crippen LogP contribution in [-0.4, -0.2) is 72.9 Å². The smallest absolute Gasteiger partial charge is 0.325 e. The lowest BCUT2D eigenvalue weighted by atomic mass is 9.98. The topological polar surface area (TPSA) is 77.3 Å². The van der Waals surface area contributed by atoms with Crippen LogP contribution >= 0.6 is 11.6 Å². The molecule has 4 rings (SSSR count). The largest absolute Gasteiger partial charge is 0.385 e. The average molecular weight is 408 g/mol. The van der Waals surface area contributed by atoms with Gasteiger partial charge < -0.3 is 20.2 Å². The van der Waals surface area contributed by atoms with E-state index in [-0.39, 0.29) is 18.5 Å². The fourth-order valence-electron chi connectivity index (χ4n) is 4.74. The van der Waals surface area contributed by atoms with Crippen molar-refractivity contribution in [2.75, 3.05) is 44.2 Å². The van der Waals surface area contributed by atoms with Gasteiger partial charge in [-0.2, -0.15) is 0 Å². The quantitative estimate of drug-likeness (QED) is 0.612. The number of aliphatic hydroxyl groups is 1. The molecule has 152 valence electrons. The molecule has 1 saturated carbocycles. The Balaban J connectivity index is 1.28. The molecular weight excluding hydrogens is 380 g/mol. The van der Waals surface area contributed by atoms with Gasteiger partial charge in [-0.3, -0.25) is 9.69 Å². The molecule has 8 heteroatoms. The first kappa shape index (κ1) is 19.5. The van der Waals surface area contributed by atoms with Crippen molar-refractivity contribution >= 4 is 29.2 Å². The molecule has 2 heterocycles. The number of quaternary nitrogens is 1. The van der Waals surface area contributed by atoms with E-state index < -0.39 is 11.6 Å². The average Bonchev–Trinajstić information content (AvgIpc) is 3.24. The lowest BCUT2D eigenvalue weighted by molar-refractivity contribution is -0.903. The van der Waals surface area contributed by atoms with Crippen LogP contribution in [0.4, 0.5) is 10.5 Å². The first-order valence-corrected chi connectivity index (χ1v) is 10.5. The molecule has 0 unspecified atom stereocenters. The zero-order valence-electron chi connectivity index (χ0n) is 16.0. The second kappa shape index (κ2) is 7.89. The zero-order valence-corrected chi connectivity index (χ0v) is 16.7. The van der Waals surface area contributed by atoms with Crippen LogP contribution in [0.2, 0.25) is 5.02 Å². The van der Waals surface area contributed by atoms with Gasteiger partial charge in [-0.25, -0.2) is 4.79 Å². The van der Waals surface area contributed by atoms with Crippen molar-refractivity contribution in [1.82, 2.24) is 10.2 Å². The van der Waals surface area contributed by atoms with Gasteiger partial charge in [0.2, 0.25) is 0 Å². The molecule has 3 amide bonds. The number of β-amino-alcohol motifs (C(OH)–C–C–N with tert-alkyl or cyclic N) is 1. The zero-order chi connectivity index (χ0) is 19.7. The fourth-order valence-corrected chi connectivity index (χ4v) is 5.00. The molecule has 3 aliphatic rings. The van der Waals surface area contributed by atoms with Gasteiger partial charge in [0.1, 0.15) is 18.2 Å². The molecular formula is C20H28ClN4O3+. The van der Waals surface area contributed by atoms with Crippen molar-refractivity contribution in [2.24, 2.45) is 0 Å². The first-order valence-electron chi connectivity index (χ1n) is 10.1. The van der Waals surface area contributed by atoms with Crippen LogP contribution in [0.5, 0.6) is 0 Å². The standard InChI is InChI=1S/C20H27ClN4O3/c21-16-5-1-2-6-17(16)24-11-9-23(10-12-24)13-15(26)14-25-18(27)20(22-19(25)28)7-3-4-8-20/h1-2,5-6,15,26H,3-4,7-14H2,(H,22,28)/p+1/t15-/m0/s1. The molecule has 2 saturated heterocycles. The number of amides is 3. The van der Waals surface area contributed by atoms with Crippen LogP contribution in [0.3, 0.4) is 0 Å². The Morgan fingerprint density at radius 2 is 1.86 bits per heavy atom. The molecule has 7 nitrogen and oxygen atoms in total. The number of hydrogen-bond acceptors (Lipinski definition) is 4. The second-order valence-corrected chi connectivity index (χ2v) is 8.59. The predicted octanol–water partition coefficient (Wildman–Crippen LogP) is 0.270. The Labute approximate surface area is 170 Å². The summed E-state index contributed by atoms with van der Waals surface area (Å²) >= 11 is 6.29. The van der Waals surface area contributed by atoms with E-state index in [0.29, 0.717) is 19.4 Å². The number of imide groups is 1. The highest BCUT2D eigenvalue weighted by Crippen LogP contribution is 2.35. The second-order valence-electron chi connectivity index (χ2n) is 8.18. The Bertz CT molecular complexity index is 745. The molecule has 1 aliphatic carbocycles. The molecule has 28 heavy (non-hydrogen) atoms. The number of rotatable bonds is 5. The molecule has 0 aromatic heterocycles. The van der Waals surface area contributed by atoms with Crippen LogP contribution in [0, 0.1) is 0 Å². The van der Waals surface area contributed by atoms with Crippen molar-refractivity contribution in [3.05, 3.63) is 29.3 Å². The first-order chi connectivity index (χ1) is 13.5. The maximum absolute atomic E-state index is 12.7. The summed E-state index contributed by atoms with van der Waals surface area (Å²) < 4.78 is 0. The third kappa shape index (κ3) is 3.71. The number of benzene rings is 1. The van der Waals surface area contributed by atoms with Crippen molar-refractivity contribution < 1.29 is 19.6 Å². The summed E-state index contributed by atoms with van der Waals surface area (Å²) in [5.41, 5.74) is 0.342. The van der Waals surface area contributed by atoms with Crippen LogP contribution in [0.25, 0.3) is 0 Å². The van der Waals surface area contributed by atoms with Gasteiger partial charge in [-0.05, 0) is 25.0 Å². The molecule has 0 radical (unpaired) electrons. The number of anilines is 1. The summed E-state index contributed by atoms with van der Waals surface area (Å²) in [5.74, 6) is -0.160. The molecule has 1 atom stereocenters. The Morgan fingerprint density at radius 3 is 2.54 bits per heavy atom. The lowest BCUT2D eigenvalue weighted by Crippen LogP contribution is -3.16. The fraction of sp³-hybridized carbons (Fsp3) is 0.600. The van der Waals surface area contributed by atoms with E-state index in [2.05, 4.69) is 10.2 Å². The molecule has 3 fully saturated rings. The van der Waals surface area contributed by atoms with E-state index in [4.69, 9.17) is 11.6 Å². The summed E-state index contributed by atoms with van der Waals surface area (Å²) in [6.07, 6.45) is 2.62. The van der Waals surface area contributed by atoms with E-state index in [9.17, 15) is 14.7 Å². The number of para-hydroxylation sites is 1. The number of nitrogens with zero attached hydrogens (tertiary/aromatic N) is 2. The van der Waals surface area contributed by atoms with Gasteiger partial charge in [-0.15, -0.1) is 0 Å². The van der Waals surface area contributed by atoms with Crippen molar-refractivity contribution in [3.63, 3.8) is 0 Å². The number of piperazine rings is 1. The van der Waals surface area contributed by atoms with Crippen molar-refractivity contribution in [2.45, 2.75) is 37.3 Å². The summed E-state index contributed by atoms with van der Waals surface area (Å²) in [5, 5.41) is 14.1. The SMILES string of the molecule is O=C1NC2(CCCC2)C(=O)N1C[C@@H](O)C[NH+]1CCN(c2ccccc2Cl)CC1. The van der Waals surface area contributed by atoms with Crippen molar-refractivity contribution in [3.8, 4) is 0 Å². The highest BCUT2D eigenvalue weighted by atomic mass is 35.5. The molecule has 1 aromatic carbocycles. The minimum Gasteiger partial charge on any atom is -0.385 e. The van der Waals surface area contributed by atoms with E-state index in [1.165, 1.54) is 9.80 Å². The van der Waals surface area contributed by atoms with Crippen LogP contribution in [0.1, 0.15) is 25.7 Å². The van der Waals surface area contributed by atoms with E-state index >= 15 is 0 Å². The molecule has 2 aliphatic heterocycles. The minimum atomic E-state index is -0.715. The predicted molar refractivity (Wildman–Crippen MR) is 107 cm³/mol. The molecule has 1 spiro atoms. The van der Waals surface area contributed by atoms with Gasteiger partial charge >= 0.3 is 6.03 Å². The molecule has 3 N–H and O–H groups in total.